The van der Waals surface area contributed by atoms with Crippen LogP contribution in [0.3, 0.4) is 0 Å². The normalized spacial score (nSPS) is 16.4. The molecule has 0 saturated carbocycles. The molecule has 0 spiro atoms. The monoisotopic (exact) mass is 468 g/mol. The Balaban J connectivity index is 1.52. The van der Waals surface area contributed by atoms with Crippen molar-refractivity contribution in [3.8, 4) is 0 Å². The van der Waals surface area contributed by atoms with Crippen molar-refractivity contribution in [3.05, 3.63) is 94.8 Å². The molecule has 1 N–H and O–H groups in total. The van der Waals surface area contributed by atoms with Gasteiger partial charge in [0.1, 0.15) is 11.1 Å². The summed E-state index contributed by atoms with van der Waals surface area (Å²) in [4.78, 5) is 29.0. The Bertz CT molecular complexity index is 1140. The van der Waals surface area contributed by atoms with Gasteiger partial charge in [0, 0.05) is 16.5 Å². The average Bonchev–Trinajstić information content (AvgIpc) is 2.79. The third-order valence-corrected chi connectivity index (χ3v) is 7.09. The second kappa shape index (κ2) is 9.76. The van der Waals surface area contributed by atoms with E-state index in [4.69, 9.17) is 11.6 Å². The van der Waals surface area contributed by atoms with Crippen LogP contribution < -0.4 is 10.2 Å². The molecule has 2 atom stereocenters. The molecule has 3 aromatic rings. The van der Waals surface area contributed by atoms with Crippen molar-refractivity contribution in [2.45, 2.75) is 30.2 Å². The van der Waals surface area contributed by atoms with Gasteiger partial charge in [-0.2, -0.15) is 0 Å². The van der Waals surface area contributed by atoms with Gasteiger partial charge in [-0.25, -0.2) is 4.39 Å². The van der Waals surface area contributed by atoms with Crippen molar-refractivity contribution in [1.29, 1.82) is 0 Å². The van der Waals surface area contributed by atoms with Gasteiger partial charge in [0.05, 0.1) is 18.2 Å². The molecule has 1 aliphatic heterocycles. The van der Waals surface area contributed by atoms with Crippen molar-refractivity contribution < 1.29 is 14.0 Å². The number of hydrogen-bond acceptors (Lipinski definition) is 3. The van der Waals surface area contributed by atoms with Gasteiger partial charge >= 0.3 is 0 Å². The topological polar surface area (TPSA) is 49.4 Å². The summed E-state index contributed by atoms with van der Waals surface area (Å²) in [6.45, 7) is 2.41. The molecule has 164 valence electrons. The van der Waals surface area contributed by atoms with Gasteiger partial charge in [0.2, 0.25) is 11.8 Å². The number of anilines is 1. The minimum atomic E-state index is -0.558. The van der Waals surface area contributed by atoms with E-state index in [9.17, 15) is 14.0 Å². The predicted octanol–water partition coefficient (Wildman–Crippen LogP) is 5.44. The molecule has 32 heavy (non-hydrogen) atoms. The number of hydrogen-bond donors (Lipinski definition) is 1. The van der Waals surface area contributed by atoms with E-state index in [0.717, 1.165) is 21.7 Å². The summed E-state index contributed by atoms with van der Waals surface area (Å²) in [5.41, 5.74) is 2.54. The maximum Gasteiger partial charge on any atom is 0.241 e. The fraction of sp³-hybridized carbons (Fsp3) is 0.200. The Labute approximate surface area is 195 Å². The zero-order valence-electron chi connectivity index (χ0n) is 17.4. The number of fused-ring (bicyclic) bond motifs is 1. The quantitative estimate of drug-likeness (QED) is 0.524. The van der Waals surface area contributed by atoms with Crippen molar-refractivity contribution in [1.82, 2.24) is 5.32 Å². The smallest absolute Gasteiger partial charge is 0.241 e. The van der Waals surface area contributed by atoms with E-state index < -0.39 is 11.2 Å². The molecule has 0 fully saturated rings. The third kappa shape index (κ3) is 4.97. The second-order valence-electron chi connectivity index (χ2n) is 7.69. The van der Waals surface area contributed by atoms with E-state index >= 15 is 0 Å². The van der Waals surface area contributed by atoms with E-state index in [2.05, 4.69) is 5.32 Å². The van der Waals surface area contributed by atoms with E-state index in [1.807, 2.05) is 42.5 Å². The molecule has 0 unspecified atom stereocenters. The number of nitrogens with one attached hydrogen (secondary N) is 1. The predicted molar refractivity (Wildman–Crippen MR) is 126 cm³/mol. The molecule has 0 saturated heterocycles. The number of carbonyl (C=O) groups excluding carboxylic acids is 2. The van der Waals surface area contributed by atoms with Crippen molar-refractivity contribution in [2.75, 3.05) is 4.90 Å². The number of nitrogens with zero attached hydrogens (tertiary/aromatic N) is 1. The summed E-state index contributed by atoms with van der Waals surface area (Å²) >= 11 is 7.55. The van der Waals surface area contributed by atoms with Crippen LogP contribution in [0.4, 0.5) is 10.1 Å². The highest BCUT2D eigenvalue weighted by molar-refractivity contribution is 8.01. The molecule has 7 heteroatoms. The summed E-state index contributed by atoms with van der Waals surface area (Å²) in [5.74, 6) is -1.21. The molecule has 0 aliphatic carbocycles. The number of amides is 2. The molecule has 3 aromatic carbocycles. The molecular weight excluding hydrogens is 447 g/mol. The highest BCUT2D eigenvalue weighted by Crippen LogP contribution is 2.42. The zero-order chi connectivity index (χ0) is 22.7. The van der Waals surface area contributed by atoms with E-state index in [1.54, 1.807) is 30.0 Å². The Morgan fingerprint density at radius 2 is 1.84 bits per heavy atom. The lowest BCUT2D eigenvalue weighted by molar-refractivity contribution is -0.128. The van der Waals surface area contributed by atoms with Gasteiger partial charge in [0.15, 0.2) is 0 Å². The highest BCUT2D eigenvalue weighted by atomic mass is 35.5. The van der Waals surface area contributed by atoms with Crippen molar-refractivity contribution >= 4 is 40.9 Å². The molecule has 4 rings (SSSR count). The van der Waals surface area contributed by atoms with Crippen LogP contribution in [0.15, 0.2) is 77.7 Å². The molecule has 4 nitrogen and oxygen atoms in total. The molecule has 1 aliphatic rings. The van der Waals surface area contributed by atoms with Crippen LogP contribution in [-0.2, 0) is 22.7 Å². The number of halogens is 2. The first kappa shape index (κ1) is 22.4. The minimum Gasteiger partial charge on any atom is -0.352 e. The highest BCUT2D eigenvalue weighted by Gasteiger charge is 2.39. The van der Waals surface area contributed by atoms with Crippen molar-refractivity contribution in [3.63, 3.8) is 0 Å². The first-order chi connectivity index (χ1) is 15.4. The molecule has 1 heterocycles. The number of para-hydroxylation sites is 1. The number of benzene rings is 3. The molecule has 2 amide bonds. The first-order valence-electron chi connectivity index (χ1n) is 10.3. The maximum atomic E-state index is 13.5. The third-order valence-electron chi connectivity index (χ3n) is 5.40. The fourth-order valence-corrected chi connectivity index (χ4v) is 5.12. The van der Waals surface area contributed by atoms with E-state index in [1.165, 1.54) is 23.9 Å². The first-order valence-corrected chi connectivity index (χ1v) is 11.5. The summed E-state index contributed by atoms with van der Waals surface area (Å²) in [5, 5.41) is 2.92. The Hall–Kier alpha value is -2.83. The van der Waals surface area contributed by atoms with Gasteiger partial charge in [-0.1, -0.05) is 54.9 Å². The maximum absolute atomic E-state index is 13.5. The summed E-state index contributed by atoms with van der Waals surface area (Å²) in [6, 6.07) is 21.1. The van der Waals surface area contributed by atoms with Crippen LogP contribution in [0.25, 0.3) is 0 Å². The zero-order valence-corrected chi connectivity index (χ0v) is 19.0. The Morgan fingerprint density at radius 1 is 1.09 bits per heavy atom. The molecule has 0 aromatic heterocycles. The summed E-state index contributed by atoms with van der Waals surface area (Å²) in [7, 11) is 0. The van der Waals surface area contributed by atoms with E-state index in [0.29, 0.717) is 11.6 Å². The van der Waals surface area contributed by atoms with Crippen LogP contribution in [0.1, 0.15) is 18.1 Å². The van der Waals surface area contributed by atoms with Crippen LogP contribution in [0, 0.1) is 11.7 Å². The van der Waals surface area contributed by atoms with Gasteiger partial charge in [-0.3, -0.25) is 9.59 Å². The Morgan fingerprint density at radius 3 is 2.59 bits per heavy atom. The summed E-state index contributed by atoms with van der Waals surface area (Å²) < 4.78 is 13.1. The second-order valence-corrected chi connectivity index (χ2v) is 9.31. The molecule has 0 bridgehead atoms. The standard InChI is InChI=1S/C25H22ClFN2O2S/c1-16(24(30)28-14-17-9-11-20(27)12-10-17)23-25(31)29(15-18-5-4-6-19(26)13-18)21-7-2-3-8-22(21)32-23/h2-13,16,23H,14-15H2,1H3,(H,28,30)/t16-,23+/m1/s1. The lowest BCUT2D eigenvalue weighted by atomic mass is 10.0. The lowest BCUT2D eigenvalue weighted by Gasteiger charge is -2.35. The summed E-state index contributed by atoms with van der Waals surface area (Å²) in [6.07, 6.45) is 0. The fourth-order valence-electron chi connectivity index (χ4n) is 3.63. The number of carbonyl (C=O) groups is 2. The largest absolute Gasteiger partial charge is 0.352 e. The minimum absolute atomic E-state index is 0.113. The Kier molecular flexibility index (Phi) is 6.82. The van der Waals surface area contributed by atoms with Crippen LogP contribution in [0.5, 0.6) is 0 Å². The van der Waals surface area contributed by atoms with Gasteiger partial charge < -0.3 is 10.2 Å². The molecular formula is C25H22ClFN2O2S. The average molecular weight is 469 g/mol. The molecule has 0 radical (unpaired) electrons. The number of rotatable bonds is 6. The van der Waals surface area contributed by atoms with Crippen LogP contribution in [0.2, 0.25) is 5.02 Å². The SMILES string of the molecule is C[C@@H](C(=O)NCc1ccc(F)cc1)[C@@H]1Sc2ccccc2N(Cc2cccc(Cl)c2)C1=O. The van der Waals surface area contributed by atoms with Gasteiger partial charge in [-0.15, -0.1) is 11.8 Å². The van der Waals surface area contributed by atoms with Gasteiger partial charge in [-0.05, 0) is 47.5 Å². The van der Waals surface area contributed by atoms with Crippen LogP contribution >= 0.6 is 23.4 Å². The number of thioether (sulfide) groups is 1. The van der Waals surface area contributed by atoms with Crippen molar-refractivity contribution in [2.24, 2.45) is 5.92 Å². The van der Waals surface area contributed by atoms with Crippen LogP contribution in [-0.4, -0.2) is 17.1 Å². The van der Waals surface area contributed by atoms with Gasteiger partial charge in [0.25, 0.3) is 0 Å². The lowest BCUT2D eigenvalue weighted by Crippen LogP contribution is -2.47. The van der Waals surface area contributed by atoms with E-state index in [-0.39, 0.29) is 24.2 Å².